The quantitative estimate of drug-likeness (QED) is 0.623. The van der Waals surface area contributed by atoms with Crippen molar-refractivity contribution in [1.29, 1.82) is 0 Å². The van der Waals surface area contributed by atoms with Crippen molar-refractivity contribution < 1.29 is 0 Å². The summed E-state index contributed by atoms with van der Waals surface area (Å²) in [7, 11) is 6.02. The lowest BCUT2D eigenvalue weighted by atomic mass is 10.4. The molecule has 0 radical (unpaired) electrons. The van der Waals surface area contributed by atoms with E-state index in [4.69, 9.17) is 11.6 Å². The van der Waals surface area contributed by atoms with Crippen LogP contribution in [0, 0.1) is 0 Å². The van der Waals surface area contributed by atoms with Crippen LogP contribution in [-0.4, -0.2) is 43.5 Å². The molecule has 0 amide bonds. The molecule has 2 rings (SSSR count). The van der Waals surface area contributed by atoms with Crippen molar-refractivity contribution in [2.75, 3.05) is 32.6 Å². The van der Waals surface area contributed by atoms with Gasteiger partial charge in [0.05, 0.1) is 23.1 Å². The van der Waals surface area contributed by atoms with Crippen LogP contribution < -0.4 is 10.2 Å². The Morgan fingerprint density at radius 1 is 1.35 bits per heavy atom. The highest BCUT2D eigenvalue weighted by atomic mass is 35.5. The second-order valence-electron chi connectivity index (χ2n) is 5.25. The minimum absolute atomic E-state index is 0.572. The highest BCUT2D eigenvalue weighted by Gasteiger charge is 2.09. The Morgan fingerprint density at radius 2 is 2.13 bits per heavy atom. The van der Waals surface area contributed by atoms with Gasteiger partial charge in [0, 0.05) is 37.9 Å². The van der Waals surface area contributed by atoms with E-state index >= 15 is 0 Å². The SMILES string of the molecule is CCNC(=NCc1csc(N(C)C)n1)N(C)Cc1ccc(Cl)s1. The average Bonchev–Trinajstić information content (AvgIpc) is 3.12. The normalized spacial score (nSPS) is 11.6. The standard InChI is InChI=1S/C15H22ClN5S2/c1-5-17-14(21(4)9-12-6-7-13(16)23-12)18-8-11-10-22-15(19-11)20(2)3/h6-7,10H,5,8-9H2,1-4H3,(H,17,18). The lowest BCUT2D eigenvalue weighted by Gasteiger charge is -2.21. The van der Waals surface area contributed by atoms with Crippen LogP contribution in [-0.2, 0) is 13.1 Å². The van der Waals surface area contributed by atoms with E-state index in [1.54, 1.807) is 22.7 Å². The highest BCUT2D eigenvalue weighted by Crippen LogP contribution is 2.22. The molecule has 1 N–H and O–H groups in total. The van der Waals surface area contributed by atoms with E-state index < -0.39 is 0 Å². The molecular weight excluding hydrogens is 350 g/mol. The van der Waals surface area contributed by atoms with Crippen molar-refractivity contribution in [1.82, 2.24) is 15.2 Å². The summed E-state index contributed by atoms with van der Waals surface area (Å²) in [5.74, 6) is 0.872. The Bertz CT molecular complexity index is 650. The fourth-order valence-electron chi connectivity index (χ4n) is 1.95. The van der Waals surface area contributed by atoms with E-state index in [1.165, 1.54) is 4.88 Å². The molecule has 0 saturated heterocycles. The number of hydrogen-bond acceptors (Lipinski definition) is 5. The summed E-state index contributed by atoms with van der Waals surface area (Å²) in [4.78, 5) is 14.6. The van der Waals surface area contributed by atoms with Gasteiger partial charge in [-0.1, -0.05) is 11.6 Å². The van der Waals surface area contributed by atoms with E-state index in [0.717, 1.165) is 34.2 Å². The van der Waals surface area contributed by atoms with Gasteiger partial charge in [0.25, 0.3) is 0 Å². The van der Waals surface area contributed by atoms with Gasteiger partial charge in [0.2, 0.25) is 0 Å². The number of rotatable bonds is 6. The van der Waals surface area contributed by atoms with Gasteiger partial charge in [-0.3, -0.25) is 0 Å². The van der Waals surface area contributed by atoms with Gasteiger partial charge < -0.3 is 15.1 Å². The second kappa shape index (κ2) is 8.52. The Balaban J connectivity index is 2.03. The van der Waals surface area contributed by atoms with E-state index in [1.807, 2.05) is 32.1 Å². The Morgan fingerprint density at radius 3 is 2.70 bits per heavy atom. The summed E-state index contributed by atoms with van der Waals surface area (Å²) in [6, 6.07) is 3.98. The zero-order valence-electron chi connectivity index (χ0n) is 13.8. The molecule has 0 bridgehead atoms. The van der Waals surface area contributed by atoms with Gasteiger partial charge in [0.15, 0.2) is 11.1 Å². The van der Waals surface area contributed by atoms with E-state index in [2.05, 4.69) is 38.6 Å². The van der Waals surface area contributed by atoms with Crippen molar-refractivity contribution in [3.05, 3.63) is 32.4 Å². The number of hydrogen-bond donors (Lipinski definition) is 1. The van der Waals surface area contributed by atoms with Crippen LogP contribution in [0.25, 0.3) is 0 Å². The third-order valence-corrected chi connectivity index (χ3v) is 5.30. The first-order valence-electron chi connectivity index (χ1n) is 7.35. The molecule has 2 aromatic heterocycles. The zero-order valence-corrected chi connectivity index (χ0v) is 16.2. The second-order valence-corrected chi connectivity index (χ2v) is 7.88. The number of anilines is 1. The summed E-state index contributed by atoms with van der Waals surface area (Å²) in [5, 5.41) is 6.38. The van der Waals surface area contributed by atoms with Gasteiger partial charge in [-0.25, -0.2) is 9.98 Å². The van der Waals surface area contributed by atoms with Crippen molar-refractivity contribution in [3.63, 3.8) is 0 Å². The van der Waals surface area contributed by atoms with E-state index in [0.29, 0.717) is 6.54 Å². The van der Waals surface area contributed by atoms with Crippen LogP contribution in [0.15, 0.2) is 22.5 Å². The molecule has 23 heavy (non-hydrogen) atoms. The maximum atomic E-state index is 6.00. The van der Waals surface area contributed by atoms with Crippen LogP contribution in [0.3, 0.4) is 0 Å². The van der Waals surface area contributed by atoms with E-state index in [9.17, 15) is 0 Å². The molecule has 0 aliphatic carbocycles. The van der Waals surface area contributed by atoms with Crippen LogP contribution in [0.2, 0.25) is 4.34 Å². The van der Waals surface area contributed by atoms with Crippen LogP contribution in [0.5, 0.6) is 0 Å². The summed E-state index contributed by atoms with van der Waals surface area (Å²) in [5.41, 5.74) is 0.988. The molecule has 0 aliphatic heterocycles. The van der Waals surface area contributed by atoms with Crippen LogP contribution in [0.1, 0.15) is 17.5 Å². The van der Waals surface area contributed by atoms with Crippen molar-refractivity contribution >= 4 is 45.4 Å². The predicted molar refractivity (Wildman–Crippen MR) is 102 cm³/mol. The molecule has 5 nitrogen and oxygen atoms in total. The van der Waals surface area contributed by atoms with Gasteiger partial charge in [-0.2, -0.15) is 0 Å². The molecule has 0 saturated carbocycles. The number of thiazole rings is 1. The summed E-state index contributed by atoms with van der Waals surface area (Å²) in [6.07, 6.45) is 0. The van der Waals surface area contributed by atoms with Crippen molar-refractivity contribution in [2.45, 2.75) is 20.0 Å². The van der Waals surface area contributed by atoms with Gasteiger partial charge in [-0.05, 0) is 19.1 Å². The predicted octanol–water partition coefficient (Wildman–Crippen LogP) is 3.52. The average molecular weight is 372 g/mol. The fraction of sp³-hybridized carbons (Fsp3) is 0.467. The summed E-state index contributed by atoms with van der Waals surface area (Å²) in [6.45, 7) is 4.25. The number of nitrogens with zero attached hydrogens (tertiary/aromatic N) is 4. The topological polar surface area (TPSA) is 43.8 Å². The number of nitrogens with one attached hydrogen (secondary N) is 1. The minimum Gasteiger partial charge on any atom is -0.357 e. The Hall–Kier alpha value is -1.31. The molecule has 2 aromatic rings. The molecule has 0 fully saturated rings. The molecule has 0 aromatic carbocycles. The third-order valence-electron chi connectivity index (χ3n) is 3.03. The number of thiophene rings is 1. The van der Waals surface area contributed by atoms with Crippen molar-refractivity contribution in [2.24, 2.45) is 4.99 Å². The smallest absolute Gasteiger partial charge is 0.194 e. The molecule has 126 valence electrons. The van der Waals surface area contributed by atoms with E-state index in [-0.39, 0.29) is 0 Å². The van der Waals surface area contributed by atoms with Gasteiger partial charge in [0.1, 0.15) is 0 Å². The molecule has 0 unspecified atom stereocenters. The summed E-state index contributed by atoms with van der Waals surface area (Å²) >= 11 is 9.23. The third kappa shape index (κ3) is 5.37. The molecule has 0 aliphatic rings. The number of guanidine groups is 1. The number of halogens is 1. The zero-order chi connectivity index (χ0) is 16.8. The van der Waals surface area contributed by atoms with Crippen LogP contribution in [0.4, 0.5) is 5.13 Å². The molecule has 0 atom stereocenters. The highest BCUT2D eigenvalue weighted by molar-refractivity contribution is 7.16. The fourth-order valence-corrected chi connectivity index (χ4v) is 3.84. The first kappa shape index (κ1) is 18.0. The molecular formula is C15H22ClN5S2. The lowest BCUT2D eigenvalue weighted by molar-refractivity contribution is 0.481. The Labute approximate surface area is 150 Å². The maximum absolute atomic E-state index is 6.00. The number of aliphatic imine (C=N–C) groups is 1. The first-order valence-corrected chi connectivity index (χ1v) is 9.42. The van der Waals surface area contributed by atoms with Gasteiger partial charge in [-0.15, -0.1) is 22.7 Å². The molecule has 2 heterocycles. The monoisotopic (exact) mass is 371 g/mol. The van der Waals surface area contributed by atoms with Crippen molar-refractivity contribution in [3.8, 4) is 0 Å². The Kier molecular flexibility index (Phi) is 6.68. The number of aromatic nitrogens is 1. The largest absolute Gasteiger partial charge is 0.357 e. The first-order chi connectivity index (χ1) is 11.0. The lowest BCUT2D eigenvalue weighted by Crippen LogP contribution is -2.38. The maximum Gasteiger partial charge on any atom is 0.194 e. The molecule has 8 heteroatoms. The molecule has 0 spiro atoms. The van der Waals surface area contributed by atoms with Gasteiger partial charge >= 0.3 is 0 Å². The van der Waals surface area contributed by atoms with Crippen LogP contribution >= 0.6 is 34.3 Å². The summed E-state index contributed by atoms with van der Waals surface area (Å²) < 4.78 is 0.814. The minimum atomic E-state index is 0.572.